The number of benzene rings is 2. The van der Waals surface area contributed by atoms with Gasteiger partial charge in [0, 0.05) is 11.8 Å². The molecule has 1 amide bonds. The van der Waals surface area contributed by atoms with Gasteiger partial charge >= 0.3 is 6.09 Å². The number of methoxy groups -OCH3 is 1. The Morgan fingerprint density at radius 1 is 1.04 bits per heavy atom. The van der Waals surface area contributed by atoms with Crippen molar-refractivity contribution in [3.63, 3.8) is 0 Å². The zero-order valence-corrected chi connectivity index (χ0v) is 15.5. The number of aromatic nitrogens is 1. The van der Waals surface area contributed by atoms with E-state index < -0.39 is 0 Å². The van der Waals surface area contributed by atoms with Crippen LogP contribution in [0, 0.1) is 11.8 Å². The van der Waals surface area contributed by atoms with E-state index in [0.29, 0.717) is 6.61 Å². The predicted molar refractivity (Wildman–Crippen MR) is 107 cm³/mol. The lowest BCUT2D eigenvalue weighted by atomic mass is 10.1. The van der Waals surface area contributed by atoms with Crippen molar-refractivity contribution >= 4 is 6.09 Å². The molecule has 2 aromatic carbocycles. The summed E-state index contributed by atoms with van der Waals surface area (Å²) in [5.74, 6) is 6.99. The molecule has 1 atom stereocenters. The molecule has 140 valence electrons. The molecule has 0 saturated carbocycles. The molecule has 1 aliphatic heterocycles. The normalized spacial score (nSPS) is 14.5. The van der Waals surface area contributed by atoms with E-state index in [2.05, 4.69) is 22.1 Å². The summed E-state index contributed by atoms with van der Waals surface area (Å²) in [4.78, 5) is 15.2. The van der Waals surface area contributed by atoms with Crippen molar-refractivity contribution in [2.24, 2.45) is 0 Å². The molecule has 1 N–H and O–H groups in total. The predicted octanol–water partition coefficient (Wildman–Crippen LogP) is 3.96. The number of alkyl carbamates (subject to hydrolysis) is 1. The molecule has 1 aliphatic rings. The summed E-state index contributed by atoms with van der Waals surface area (Å²) in [6.07, 6.45) is 1.34. The van der Waals surface area contributed by atoms with Crippen LogP contribution in [0.4, 0.5) is 4.79 Å². The second-order valence-corrected chi connectivity index (χ2v) is 5.90. The number of carbonyl (C=O) groups excluding carboxylic acids is 1. The third-order valence-electron chi connectivity index (χ3n) is 3.94. The first-order valence-electron chi connectivity index (χ1n) is 8.80. The van der Waals surface area contributed by atoms with E-state index in [0.717, 1.165) is 22.6 Å². The SMILES string of the molecule is COc1ccccc1.O=C1N[C@H](c2cccc(C#Cc3ccccn3)c2)CO1. The first kappa shape index (κ1) is 19.0. The van der Waals surface area contributed by atoms with E-state index in [1.807, 2.05) is 72.8 Å². The number of carbonyl (C=O) groups is 1. The summed E-state index contributed by atoms with van der Waals surface area (Å²) in [5, 5.41) is 2.75. The van der Waals surface area contributed by atoms with Gasteiger partial charge in [-0.15, -0.1) is 0 Å². The van der Waals surface area contributed by atoms with Gasteiger partial charge in [0.15, 0.2) is 0 Å². The Morgan fingerprint density at radius 2 is 1.86 bits per heavy atom. The average molecular weight is 372 g/mol. The van der Waals surface area contributed by atoms with Crippen LogP contribution >= 0.6 is 0 Å². The van der Waals surface area contributed by atoms with Crippen molar-refractivity contribution < 1.29 is 14.3 Å². The number of cyclic esters (lactones) is 1. The number of hydrogen-bond acceptors (Lipinski definition) is 4. The Bertz CT molecular complexity index is 963. The second kappa shape index (κ2) is 9.79. The summed E-state index contributed by atoms with van der Waals surface area (Å²) in [5.41, 5.74) is 2.60. The van der Waals surface area contributed by atoms with Crippen LogP contribution < -0.4 is 10.1 Å². The minimum absolute atomic E-state index is 0.0981. The van der Waals surface area contributed by atoms with Crippen LogP contribution in [0.25, 0.3) is 0 Å². The van der Waals surface area contributed by atoms with Gasteiger partial charge in [-0.25, -0.2) is 9.78 Å². The highest BCUT2D eigenvalue weighted by Crippen LogP contribution is 2.18. The van der Waals surface area contributed by atoms with Crippen LogP contribution in [-0.2, 0) is 4.74 Å². The highest BCUT2D eigenvalue weighted by atomic mass is 16.6. The number of pyridine rings is 1. The van der Waals surface area contributed by atoms with Gasteiger partial charge in [-0.05, 0) is 47.9 Å². The van der Waals surface area contributed by atoms with Crippen LogP contribution in [-0.4, -0.2) is 24.8 Å². The van der Waals surface area contributed by atoms with Crippen molar-refractivity contribution in [1.29, 1.82) is 0 Å². The molecular formula is C23H20N2O3. The van der Waals surface area contributed by atoms with E-state index in [4.69, 9.17) is 9.47 Å². The fourth-order valence-electron chi connectivity index (χ4n) is 2.53. The Labute approximate surface area is 164 Å². The fraction of sp³-hybridized carbons (Fsp3) is 0.130. The summed E-state index contributed by atoms with van der Waals surface area (Å²) in [6.45, 7) is 0.357. The van der Waals surface area contributed by atoms with E-state index in [1.54, 1.807) is 13.3 Å². The Kier molecular flexibility index (Phi) is 6.64. The van der Waals surface area contributed by atoms with Crippen LogP contribution in [0.15, 0.2) is 79.0 Å². The Hall–Kier alpha value is -3.78. The average Bonchev–Trinajstić information content (AvgIpc) is 3.21. The van der Waals surface area contributed by atoms with Gasteiger partial charge in [-0.1, -0.05) is 42.3 Å². The minimum atomic E-state index is -0.375. The van der Waals surface area contributed by atoms with Crippen LogP contribution in [0.1, 0.15) is 22.9 Å². The molecule has 5 nitrogen and oxygen atoms in total. The van der Waals surface area contributed by atoms with Crippen LogP contribution in [0.5, 0.6) is 5.75 Å². The lowest BCUT2D eigenvalue weighted by Gasteiger charge is -2.07. The molecular weight excluding hydrogens is 352 g/mol. The van der Waals surface area contributed by atoms with Gasteiger partial charge in [0.2, 0.25) is 0 Å². The molecule has 28 heavy (non-hydrogen) atoms. The maximum Gasteiger partial charge on any atom is 0.407 e. The lowest BCUT2D eigenvalue weighted by molar-refractivity contribution is 0.177. The molecule has 1 saturated heterocycles. The largest absolute Gasteiger partial charge is 0.497 e. The van der Waals surface area contributed by atoms with Crippen molar-refractivity contribution in [2.75, 3.05) is 13.7 Å². The summed E-state index contributed by atoms with van der Waals surface area (Å²) < 4.78 is 9.81. The maximum atomic E-state index is 11.1. The van der Waals surface area contributed by atoms with E-state index >= 15 is 0 Å². The fourth-order valence-corrected chi connectivity index (χ4v) is 2.53. The Balaban J connectivity index is 0.000000236. The molecule has 2 heterocycles. The van der Waals surface area contributed by atoms with E-state index in [9.17, 15) is 4.79 Å². The van der Waals surface area contributed by atoms with Gasteiger partial charge in [-0.2, -0.15) is 0 Å². The zero-order valence-electron chi connectivity index (χ0n) is 15.5. The monoisotopic (exact) mass is 372 g/mol. The molecule has 0 spiro atoms. The molecule has 4 rings (SSSR count). The van der Waals surface area contributed by atoms with Crippen LogP contribution in [0.3, 0.4) is 0 Å². The molecule has 0 aliphatic carbocycles. The molecule has 0 bridgehead atoms. The number of para-hydroxylation sites is 1. The first-order chi connectivity index (χ1) is 13.7. The number of amides is 1. The van der Waals surface area contributed by atoms with Crippen molar-refractivity contribution in [3.05, 3.63) is 95.8 Å². The molecule has 1 fully saturated rings. The third-order valence-corrected chi connectivity index (χ3v) is 3.94. The van der Waals surface area contributed by atoms with Crippen LogP contribution in [0.2, 0.25) is 0 Å². The first-order valence-corrected chi connectivity index (χ1v) is 8.80. The minimum Gasteiger partial charge on any atom is -0.497 e. The number of ether oxygens (including phenoxy) is 2. The smallest absolute Gasteiger partial charge is 0.407 e. The van der Waals surface area contributed by atoms with E-state index in [-0.39, 0.29) is 12.1 Å². The van der Waals surface area contributed by atoms with Crippen molar-refractivity contribution in [1.82, 2.24) is 10.3 Å². The molecule has 0 radical (unpaired) electrons. The van der Waals surface area contributed by atoms with Crippen molar-refractivity contribution in [3.8, 4) is 17.6 Å². The quantitative estimate of drug-likeness (QED) is 0.692. The number of nitrogens with zero attached hydrogens (tertiary/aromatic N) is 1. The zero-order chi connectivity index (χ0) is 19.6. The van der Waals surface area contributed by atoms with E-state index in [1.165, 1.54) is 0 Å². The van der Waals surface area contributed by atoms with Crippen molar-refractivity contribution in [2.45, 2.75) is 6.04 Å². The third kappa shape index (κ3) is 5.61. The summed E-state index contributed by atoms with van der Waals surface area (Å²) >= 11 is 0. The lowest BCUT2D eigenvalue weighted by Crippen LogP contribution is -2.18. The summed E-state index contributed by atoms with van der Waals surface area (Å²) in [7, 11) is 1.66. The maximum absolute atomic E-state index is 11.1. The van der Waals surface area contributed by atoms with Gasteiger partial charge < -0.3 is 14.8 Å². The second-order valence-electron chi connectivity index (χ2n) is 5.90. The standard InChI is InChI=1S/C16H12N2O2.C7H8O/c19-16-18-15(11-20-16)13-5-3-4-12(10-13)7-8-14-6-1-2-9-17-14;1-8-7-5-3-2-4-6-7/h1-6,9-10,15H,11H2,(H,18,19);2-6H,1H3/t15-;/m0./s1. The molecule has 1 aromatic heterocycles. The van der Waals surface area contributed by atoms with Gasteiger partial charge in [0.05, 0.1) is 13.2 Å². The number of rotatable bonds is 2. The molecule has 5 heteroatoms. The number of nitrogens with one attached hydrogen (secondary N) is 1. The van der Waals surface area contributed by atoms with Gasteiger partial charge in [0.25, 0.3) is 0 Å². The number of hydrogen-bond donors (Lipinski definition) is 1. The van der Waals surface area contributed by atoms with Gasteiger partial charge in [-0.3, -0.25) is 0 Å². The Morgan fingerprint density at radius 3 is 2.50 bits per heavy atom. The summed E-state index contributed by atoms with van der Waals surface area (Å²) in [6, 6.07) is 23.0. The highest BCUT2D eigenvalue weighted by Gasteiger charge is 2.23. The molecule has 0 unspecified atom stereocenters. The topological polar surface area (TPSA) is 60.5 Å². The van der Waals surface area contributed by atoms with Gasteiger partial charge in [0.1, 0.15) is 18.1 Å². The highest BCUT2D eigenvalue weighted by molar-refractivity contribution is 5.70. The molecule has 3 aromatic rings.